The molecular formula is C10H18ClN. The molecule has 0 aromatic rings. The highest BCUT2D eigenvalue weighted by molar-refractivity contribution is 5.10. The molecule has 2 heteroatoms. The number of quaternary nitrogens is 1. The maximum absolute atomic E-state index is 2.27. The number of hydrogen-bond acceptors (Lipinski definition) is 0. The first-order valence-electron chi connectivity index (χ1n) is 4.41. The Hall–Kier alpha value is -0.270. The molecule has 70 valence electrons. The average molecular weight is 188 g/mol. The van der Waals surface area contributed by atoms with Crippen molar-refractivity contribution in [2.45, 2.75) is 26.7 Å². The summed E-state index contributed by atoms with van der Waals surface area (Å²) in [6.45, 7) is 5.69. The van der Waals surface area contributed by atoms with Gasteiger partial charge in [-0.3, -0.25) is 4.48 Å². The zero-order chi connectivity index (χ0) is 8.32. The first-order chi connectivity index (χ1) is 5.19. The lowest BCUT2D eigenvalue weighted by atomic mass is 10.3. The van der Waals surface area contributed by atoms with Crippen LogP contribution >= 0.6 is 0 Å². The van der Waals surface area contributed by atoms with Gasteiger partial charge >= 0.3 is 0 Å². The second kappa shape index (κ2) is 4.68. The molecule has 1 heterocycles. The second-order valence-electron chi connectivity index (χ2n) is 3.49. The highest BCUT2D eigenvalue weighted by Crippen LogP contribution is 2.21. The molecule has 0 aromatic carbocycles. The van der Waals surface area contributed by atoms with Gasteiger partial charge in [-0.1, -0.05) is 13.3 Å². The number of hydrogen-bond donors (Lipinski definition) is 0. The summed E-state index contributed by atoms with van der Waals surface area (Å²) >= 11 is 0. The highest BCUT2D eigenvalue weighted by atomic mass is 35.5. The zero-order valence-corrected chi connectivity index (χ0v) is 8.93. The molecule has 0 radical (unpaired) electrons. The molecule has 0 aromatic heterocycles. The van der Waals surface area contributed by atoms with Crippen molar-refractivity contribution in [1.29, 1.82) is 0 Å². The van der Waals surface area contributed by atoms with Gasteiger partial charge in [0, 0.05) is 6.92 Å². The van der Waals surface area contributed by atoms with Gasteiger partial charge in [-0.2, -0.15) is 0 Å². The second-order valence-corrected chi connectivity index (χ2v) is 3.49. The molecule has 0 aliphatic carbocycles. The third kappa shape index (κ3) is 2.36. The van der Waals surface area contributed by atoms with Crippen LogP contribution in [0.15, 0.2) is 24.0 Å². The minimum absolute atomic E-state index is 0. The molecule has 0 saturated heterocycles. The summed E-state index contributed by atoms with van der Waals surface area (Å²) in [7, 11) is 2.27. The number of unbranched alkanes of at least 4 members (excludes halogenated alkanes) is 1. The fourth-order valence-corrected chi connectivity index (χ4v) is 1.40. The number of rotatable bonds is 3. The average Bonchev–Trinajstić information content (AvgIpc) is 2.30. The van der Waals surface area contributed by atoms with E-state index in [0.717, 1.165) is 4.48 Å². The van der Waals surface area contributed by atoms with Crippen LogP contribution in [0.5, 0.6) is 0 Å². The van der Waals surface area contributed by atoms with Gasteiger partial charge in [0.05, 0.1) is 13.6 Å². The topological polar surface area (TPSA) is 0 Å². The largest absolute Gasteiger partial charge is 1.00 e. The molecule has 0 bridgehead atoms. The van der Waals surface area contributed by atoms with E-state index in [9.17, 15) is 0 Å². The smallest absolute Gasteiger partial charge is 0.110 e. The number of allylic oxidation sites excluding steroid dienone is 3. The van der Waals surface area contributed by atoms with Gasteiger partial charge < -0.3 is 12.4 Å². The molecule has 0 spiro atoms. The van der Waals surface area contributed by atoms with E-state index in [1.54, 1.807) is 0 Å². The summed E-state index contributed by atoms with van der Waals surface area (Å²) in [5.74, 6) is 0. The van der Waals surface area contributed by atoms with Gasteiger partial charge in [0.1, 0.15) is 11.9 Å². The van der Waals surface area contributed by atoms with Crippen molar-refractivity contribution in [1.82, 2.24) is 0 Å². The van der Waals surface area contributed by atoms with E-state index in [2.05, 4.69) is 39.2 Å². The van der Waals surface area contributed by atoms with Gasteiger partial charge in [0.15, 0.2) is 0 Å². The highest BCUT2D eigenvalue weighted by Gasteiger charge is 2.23. The molecule has 1 nitrogen and oxygen atoms in total. The Morgan fingerprint density at radius 3 is 2.50 bits per heavy atom. The monoisotopic (exact) mass is 187 g/mol. The molecule has 0 saturated carbocycles. The molecule has 1 unspecified atom stereocenters. The van der Waals surface area contributed by atoms with Crippen LogP contribution in [-0.4, -0.2) is 18.1 Å². The van der Waals surface area contributed by atoms with Gasteiger partial charge in [0.25, 0.3) is 0 Å². The minimum Gasteiger partial charge on any atom is -1.00 e. The van der Waals surface area contributed by atoms with Gasteiger partial charge in [-0.25, -0.2) is 0 Å². The van der Waals surface area contributed by atoms with E-state index in [1.807, 2.05) is 0 Å². The van der Waals surface area contributed by atoms with Crippen molar-refractivity contribution in [2.24, 2.45) is 0 Å². The minimum atomic E-state index is 0. The molecule has 0 amide bonds. The van der Waals surface area contributed by atoms with Crippen molar-refractivity contribution < 1.29 is 16.9 Å². The normalized spacial score (nSPS) is 26.8. The Kier molecular flexibility index (Phi) is 4.58. The summed E-state index contributed by atoms with van der Waals surface area (Å²) < 4.78 is 1.02. The lowest BCUT2D eigenvalue weighted by Crippen LogP contribution is -3.00. The summed E-state index contributed by atoms with van der Waals surface area (Å²) in [5, 5.41) is 0. The van der Waals surface area contributed by atoms with E-state index in [4.69, 9.17) is 0 Å². The van der Waals surface area contributed by atoms with Crippen LogP contribution in [0.4, 0.5) is 0 Å². The molecule has 0 N–H and O–H groups in total. The van der Waals surface area contributed by atoms with E-state index >= 15 is 0 Å². The lowest BCUT2D eigenvalue weighted by Gasteiger charge is -2.27. The van der Waals surface area contributed by atoms with Crippen molar-refractivity contribution in [3.05, 3.63) is 24.0 Å². The van der Waals surface area contributed by atoms with Crippen LogP contribution in [0.1, 0.15) is 26.7 Å². The van der Waals surface area contributed by atoms with Gasteiger partial charge in [0.2, 0.25) is 0 Å². The Balaban J connectivity index is 0.00000121. The van der Waals surface area contributed by atoms with E-state index in [1.165, 1.54) is 25.1 Å². The quantitative estimate of drug-likeness (QED) is 0.531. The Morgan fingerprint density at radius 2 is 2.08 bits per heavy atom. The molecular weight excluding hydrogens is 170 g/mol. The van der Waals surface area contributed by atoms with Crippen molar-refractivity contribution in [2.75, 3.05) is 13.6 Å². The Labute approximate surface area is 81.8 Å². The zero-order valence-electron chi connectivity index (χ0n) is 8.18. The predicted molar refractivity (Wildman–Crippen MR) is 48.9 cm³/mol. The molecule has 1 aliphatic rings. The third-order valence-corrected chi connectivity index (χ3v) is 2.53. The predicted octanol–water partition coefficient (Wildman–Crippen LogP) is -0.332. The van der Waals surface area contributed by atoms with Crippen molar-refractivity contribution in [3.8, 4) is 0 Å². The standard InChI is InChI=1S/C10H18N.ClH/c1-4-5-8-11(3)9-6-7-10(11)2;/h6-7,9H,4-5,8H2,1-3H3;1H/q+1;/p-1. The van der Waals surface area contributed by atoms with Crippen LogP contribution in [0, 0.1) is 0 Å². The Morgan fingerprint density at radius 1 is 1.42 bits per heavy atom. The van der Waals surface area contributed by atoms with Crippen molar-refractivity contribution >= 4 is 0 Å². The van der Waals surface area contributed by atoms with Crippen LogP contribution in [0.2, 0.25) is 0 Å². The summed E-state index contributed by atoms with van der Waals surface area (Å²) in [6, 6.07) is 0. The van der Waals surface area contributed by atoms with Gasteiger partial charge in [-0.05, 0) is 18.6 Å². The maximum Gasteiger partial charge on any atom is 0.110 e. The summed E-state index contributed by atoms with van der Waals surface area (Å²) in [5.41, 5.74) is 1.46. The molecule has 0 fully saturated rings. The van der Waals surface area contributed by atoms with Crippen LogP contribution in [0.25, 0.3) is 0 Å². The summed E-state index contributed by atoms with van der Waals surface area (Å²) in [6.07, 6.45) is 9.23. The summed E-state index contributed by atoms with van der Waals surface area (Å²) in [4.78, 5) is 0. The van der Waals surface area contributed by atoms with Gasteiger partial charge in [-0.15, -0.1) is 0 Å². The third-order valence-electron chi connectivity index (χ3n) is 2.53. The molecule has 1 atom stereocenters. The molecule has 12 heavy (non-hydrogen) atoms. The van der Waals surface area contributed by atoms with E-state index in [-0.39, 0.29) is 12.4 Å². The lowest BCUT2D eigenvalue weighted by molar-refractivity contribution is -0.818. The molecule has 1 aliphatic heterocycles. The first kappa shape index (κ1) is 11.7. The Bertz CT molecular complexity index is 196. The maximum atomic E-state index is 2.27. The number of nitrogens with zero attached hydrogens (tertiary/aromatic N) is 1. The number of halogens is 1. The van der Waals surface area contributed by atoms with E-state index in [0.29, 0.717) is 0 Å². The fraction of sp³-hybridized carbons (Fsp3) is 0.600. The first-order valence-corrected chi connectivity index (χ1v) is 4.41. The van der Waals surface area contributed by atoms with Crippen LogP contribution in [-0.2, 0) is 0 Å². The van der Waals surface area contributed by atoms with Crippen molar-refractivity contribution in [3.63, 3.8) is 0 Å². The SMILES string of the molecule is CCCC[N+]1(C)C=CC=C1C.[Cl-]. The molecule has 1 rings (SSSR count). The van der Waals surface area contributed by atoms with Crippen LogP contribution in [0.3, 0.4) is 0 Å². The fourth-order valence-electron chi connectivity index (χ4n) is 1.40. The van der Waals surface area contributed by atoms with Crippen LogP contribution < -0.4 is 12.4 Å². The van der Waals surface area contributed by atoms with E-state index < -0.39 is 0 Å².